The fourth-order valence-electron chi connectivity index (χ4n) is 1.89. The van der Waals surface area contributed by atoms with Crippen LogP contribution in [0.1, 0.15) is 16.7 Å². The molecule has 5 heteroatoms. The molecular weight excluding hydrogens is 318 g/mol. The number of sulfonamides is 1. The summed E-state index contributed by atoms with van der Waals surface area (Å²) in [6.07, 6.45) is 1.42. The summed E-state index contributed by atoms with van der Waals surface area (Å²) in [5, 5.41) is 0.373. The normalized spacial score (nSPS) is 12.3. The first-order valence-electron chi connectivity index (χ1n) is 6.80. The lowest BCUT2D eigenvalue weighted by molar-refractivity contribution is 0.540. The number of nitrogens with zero attached hydrogens (tertiary/aromatic N) is 1. The number of benzene rings is 2. The quantitative estimate of drug-likeness (QED) is 0.841. The van der Waals surface area contributed by atoms with E-state index in [1.807, 2.05) is 38.1 Å². The van der Waals surface area contributed by atoms with Crippen molar-refractivity contribution in [3.63, 3.8) is 0 Å². The minimum Gasteiger partial charge on any atom is -0.275 e. The maximum absolute atomic E-state index is 12.5. The van der Waals surface area contributed by atoms with Gasteiger partial charge in [-0.1, -0.05) is 59.1 Å². The molecule has 0 aliphatic heterocycles. The van der Waals surface area contributed by atoms with E-state index in [1.54, 1.807) is 24.3 Å². The predicted molar refractivity (Wildman–Crippen MR) is 91.1 cm³/mol. The van der Waals surface area contributed by atoms with Gasteiger partial charge in [0.05, 0.1) is 9.93 Å². The van der Waals surface area contributed by atoms with Crippen LogP contribution in [0.25, 0.3) is 5.03 Å². The van der Waals surface area contributed by atoms with Crippen LogP contribution in [0, 0.1) is 13.8 Å². The van der Waals surface area contributed by atoms with Crippen LogP contribution < -0.4 is 0 Å². The summed E-state index contributed by atoms with van der Waals surface area (Å²) >= 11 is 6.23. The lowest BCUT2D eigenvalue weighted by atomic mass is 10.1. The second-order valence-electron chi connectivity index (χ2n) is 5.18. The van der Waals surface area contributed by atoms with E-state index in [4.69, 9.17) is 11.6 Å². The number of hydrogen-bond acceptors (Lipinski definition) is 2. The van der Waals surface area contributed by atoms with Gasteiger partial charge < -0.3 is 0 Å². The molecule has 0 heterocycles. The van der Waals surface area contributed by atoms with Gasteiger partial charge in [-0.3, -0.25) is 4.31 Å². The van der Waals surface area contributed by atoms with Crippen LogP contribution in [0.2, 0.25) is 0 Å². The Kier molecular flexibility index (Phi) is 4.94. The standard InChI is InChI=1S/C17H18ClNO2S/c1-13-4-8-15(9-5-13)17(18)12-19(3)22(20,21)16-10-6-14(2)7-11-16/h4-12H,1-3H3/b17-12-. The zero-order valence-corrected chi connectivity index (χ0v) is 14.3. The third-order valence-corrected chi connectivity index (χ3v) is 5.37. The zero-order valence-electron chi connectivity index (χ0n) is 12.7. The fourth-order valence-corrected chi connectivity index (χ4v) is 3.28. The van der Waals surface area contributed by atoms with Crippen molar-refractivity contribution in [3.8, 4) is 0 Å². The molecule has 0 aliphatic rings. The van der Waals surface area contributed by atoms with Crippen molar-refractivity contribution in [2.75, 3.05) is 7.05 Å². The Morgan fingerprint density at radius 1 is 0.955 bits per heavy atom. The first-order chi connectivity index (χ1) is 10.3. The number of aryl methyl sites for hydroxylation is 2. The summed E-state index contributed by atoms with van der Waals surface area (Å²) < 4.78 is 26.1. The molecular formula is C17H18ClNO2S. The molecule has 0 bridgehead atoms. The third-order valence-electron chi connectivity index (χ3n) is 3.32. The number of rotatable bonds is 4. The van der Waals surface area contributed by atoms with Gasteiger partial charge in [0.2, 0.25) is 0 Å². The Hall–Kier alpha value is -1.78. The van der Waals surface area contributed by atoms with E-state index in [9.17, 15) is 8.42 Å². The molecule has 116 valence electrons. The summed E-state index contributed by atoms with van der Waals surface area (Å²) in [5.74, 6) is 0. The number of halogens is 1. The minimum atomic E-state index is -3.59. The van der Waals surface area contributed by atoms with Gasteiger partial charge in [0.25, 0.3) is 10.0 Å². The molecule has 0 N–H and O–H groups in total. The largest absolute Gasteiger partial charge is 0.275 e. The maximum atomic E-state index is 12.5. The van der Waals surface area contributed by atoms with Gasteiger partial charge in [-0.2, -0.15) is 0 Å². The summed E-state index contributed by atoms with van der Waals surface area (Å²) in [5.41, 5.74) is 2.90. The Labute approximate surface area is 136 Å². The van der Waals surface area contributed by atoms with E-state index in [2.05, 4.69) is 0 Å². The van der Waals surface area contributed by atoms with Crippen molar-refractivity contribution in [2.24, 2.45) is 0 Å². The molecule has 0 spiro atoms. The lowest BCUT2D eigenvalue weighted by Crippen LogP contribution is -2.21. The molecule has 22 heavy (non-hydrogen) atoms. The lowest BCUT2D eigenvalue weighted by Gasteiger charge is -2.16. The van der Waals surface area contributed by atoms with Crippen molar-refractivity contribution in [2.45, 2.75) is 18.7 Å². The summed E-state index contributed by atoms with van der Waals surface area (Å²) in [4.78, 5) is 0.241. The molecule has 0 aliphatic carbocycles. The molecule has 0 aromatic heterocycles. The van der Waals surface area contributed by atoms with Gasteiger partial charge >= 0.3 is 0 Å². The zero-order chi connectivity index (χ0) is 16.3. The highest BCUT2D eigenvalue weighted by Crippen LogP contribution is 2.22. The first-order valence-corrected chi connectivity index (χ1v) is 8.61. The molecule has 2 aromatic rings. The van der Waals surface area contributed by atoms with Crippen molar-refractivity contribution >= 4 is 26.7 Å². The maximum Gasteiger partial charge on any atom is 0.263 e. The smallest absolute Gasteiger partial charge is 0.263 e. The van der Waals surface area contributed by atoms with Gasteiger partial charge in [0.15, 0.2) is 0 Å². The van der Waals surface area contributed by atoms with Gasteiger partial charge in [0, 0.05) is 13.2 Å². The minimum absolute atomic E-state index is 0.241. The van der Waals surface area contributed by atoms with E-state index in [0.717, 1.165) is 21.0 Å². The molecule has 2 aromatic carbocycles. The summed E-state index contributed by atoms with van der Waals surface area (Å²) in [6.45, 7) is 3.89. The Bertz CT molecular complexity index is 778. The Morgan fingerprint density at radius 3 is 1.91 bits per heavy atom. The molecule has 0 amide bonds. The van der Waals surface area contributed by atoms with Crippen LogP contribution in [-0.2, 0) is 10.0 Å². The van der Waals surface area contributed by atoms with Crippen LogP contribution in [0.4, 0.5) is 0 Å². The molecule has 3 nitrogen and oxygen atoms in total. The topological polar surface area (TPSA) is 37.4 Å². The molecule has 0 saturated carbocycles. The van der Waals surface area contributed by atoms with Gasteiger partial charge in [-0.15, -0.1) is 0 Å². The average Bonchev–Trinajstić information content (AvgIpc) is 2.48. The van der Waals surface area contributed by atoms with Crippen molar-refractivity contribution in [3.05, 3.63) is 71.4 Å². The van der Waals surface area contributed by atoms with Crippen LogP contribution in [0.3, 0.4) is 0 Å². The highest BCUT2D eigenvalue weighted by atomic mass is 35.5. The SMILES string of the molecule is Cc1ccc(/C(Cl)=C/N(C)S(=O)(=O)c2ccc(C)cc2)cc1. The van der Waals surface area contributed by atoms with Crippen LogP contribution in [0.5, 0.6) is 0 Å². The van der Waals surface area contributed by atoms with Crippen LogP contribution >= 0.6 is 11.6 Å². The second-order valence-corrected chi connectivity index (χ2v) is 7.58. The molecule has 0 radical (unpaired) electrons. The molecule has 0 fully saturated rings. The fraction of sp³-hybridized carbons (Fsp3) is 0.176. The Morgan fingerprint density at radius 2 is 1.41 bits per heavy atom. The van der Waals surface area contributed by atoms with Gasteiger partial charge in [-0.25, -0.2) is 8.42 Å². The molecule has 0 atom stereocenters. The van der Waals surface area contributed by atoms with E-state index in [-0.39, 0.29) is 4.90 Å². The van der Waals surface area contributed by atoms with Gasteiger partial charge in [0.1, 0.15) is 0 Å². The molecule has 2 rings (SSSR count). The van der Waals surface area contributed by atoms with E-state index in [0.29, 0.717) is 5.03 Å². The van der Waals surface area contributed by atoms with Crippen LogP contribution in [-0.4, -0.2) is 19.8 Å². The van der Waals surface area contributed by atoms with E-state index in [1.165, 1.54) is 13.2 Å². The highest BCUT2D eigenvalue weighted by molar-refractivity contribution is 7.89. The predicted octanol–water partition coefficient (Wildman–Crippen LogP) is 4.16. The summed E-state index contributed by atoms with van der Waals surface area (Å²) in [7, 11) is -2.12. The highest BCUT2D eigenvalue weighted by Gasteiger charge is 2.18. The van der Waals surface area contributed by atoms with E-state index < -0.39 is 10.0 Å². The van der Waals surface area contributed by atoms with Crippen molar-refractivity contribution in [1.29, 1.82) is 0 Å². The second kappa shape index (κ2) is 6.55. The monoisotopic (exact) mass is 335 g/mol. The Balaban J connectivity index is 2.30. The van der Waals surface area contributed by atoms with Gasteiger partial charge in [-0.05, 0) is 31.5 Å². The summed E-state index contributed by atoms with van der Waals surface area (Å²) in [6, 6.07) is 14.3. The number of hydrogen-bond donors (Lipinski definition) is 0. The first kappa shape index (κ1) is 16.6. The van der Waals surface area contributed by atoms with Crippen molar-refractivity contribution in [1.82, 2.24) is 4.31 Å². The third kappa shape index (κ3) is 3.70. The average molecular weight is 336 g/mol. The molecule has 0 unspecified atom stereocenters. The molecule has 0 saturated heterocycles. The van der Waals surface area contributed by atoms with Crippen LogP contribution in [0.15, 0.2) is 59.6 Å². The van der Waals surface area contributed by atoms with E-state index >= 15 is 0 Å². The van der Waals surface area contributed by atoms with Crippen molar-refractivity contribution < 1.29 is 8.42 Å².